The third-order valence-electron chi connectivity index (χ3n) is 5.66. The topological polar surface area (TPSA) is 45.8 Å². The van der Waals surface area contributed by atoms with Crippen LogP contribution in [0.2, 0.25) is 5.02 Å². The Morgan fingerprint density at radius 2 is 1.96 bits per heavy atom. The molecule has 0 unspecified atom stereocenters. The van der Waals surface area contributed by atoms with Crippen LogP contribution < -0.4 is 0 Å². The maximum absolute atomic E-state index is 13.2. The second kappa shape index (κ2) is 6.09. The van der Waals surface area contributed by atoms with Crippen LogP contribution in [0.5, 0.6) is 0 Å². The second-order valence-corrected chi connectivity index (χ2v) is 9.15. The summed E-state index contributed by atoms with van der Waals surface area (Å²) in [6.45, 7) is 8.66. The maximum Gasteiger partial charge on any atom is 0.160 e. The highest BCUT2D eigenvalue weighted by Gasteiger charge is 2.42. The van der Waals surface area contributed by atoms with Crippen LogP contribution in [0.15, 0.2) is 35.4 Å². The van der Waals surface area contributed by atoms with Crippen molar-refractivity contribution < 1.29 is 4.79 Å². The number of rotatable bonds is 2. The maximum atomic E-state index is 13.2. The smallest absolute Gasteiger partial charge is 0.160 e. The number of nitrogens with zero attached hydrogens (tertiary/aromatic N) is 1. The normalized spacial score (nSPS) is 21.8. The highest BCUT2D eigenvalue weighted by Crippen LogP contribution is 2.50. The van der Waals surface area contributed by atoms with E-state index in [4.69, 9.17) is 11.6 Å². The molecule has 0 spiro atoms. The van der Waals surface area contributed by atoms with E-state index in [9.17, 15) is 4.79 Å². The van der Waals surface area contributed by atoms with Gasteiger partial charge in [-0.2, -0.15) is 5.10 Å². The average Bonchev–Trinajstić information content (AvgIpc) is 2.96. The minimum atomic E-state index is -0.109. The summed E-state index contributed by atoms with van der Waals surface area (Å²) in [6, 6.07) is 7.91. The molecule has 1 heterocycles. The summed E-state index contributed by atoms with van der Waals surface area (Å²) >= 11 is 6.59. The van der Waals surface area contributed by atoms with Crippen LogP contribution in [0.4, 0.5) is 0 Å². The summed E-state index contributed by atoms with van der Waals surface area (Å²) < 4.78 is 0. The van der Waals surface area contributed by atoms with Crippen molar-refractivity contribution in [3.63, 3.8) is 0 Å². The number of nitrogens with one attached hydrogen (secondary N) is 1. The second-order valence-electron chi connectivity index (χ2n) is 8.75. The fraction of sp³-hybridized carbons (Fsp3) is 0.455. The standard InChI is InChI=1S/C22H25ClN2O/c1-12(2)21-20-16(24-25-21)9-13-10-22(3,4)11-17(26)18(13)19(20)14-7-5-6-8-15(14)23/h5-8,12,19H,9-11H2,1-4H3,(H,24,25)/t19-/m1/s1. The fourth-order valence-electron chi connectivity index (χ4n) is 4.66. The molecule has 1 atom stereocenters. The number of aromatic nitrogens is 2. The first kappa shape index (κ1) is 17.5. The molecule has 4 heteroatoms. The molecule has 2 aliphatic rings. The van der Waals surface area contributed by atoms with E-state index in [1.807, 2.05) is 18.2 Å². The number of ketones is 1. The minimum Gasteiger partial charge on any atom is -0.294 e. The molecule has 0 saturated carbocycles. The summed E-state index contributed by atoms with van der Waals surface area (Å²) in [7, 11) is 0. The molecule has 0 fully saturated rings. The lowest BCUT2D eigenvalue weighted by molar-refractivity contribution is -0.118. The zero-order valence-electron chi connectivity index (χ0n) is 15.8. The molecule has 2 aromatic rings. The number of allylic oxidation sites excluding steroid dienone is 2. The summed E-state index contributed by atoms with van der Waals surface area (Å²) in [5.74, 6) is 0.446. The van der Waals surface area contributed by atoms with Gasteiger partial charge in [-0.15, -0.1) is 0 Å². The van der Waals surface area contributed by atoms with Crippen molar-refractivity contribution in [1.82, 2.24) is 10.2 Å². The van der Waals surface area contributed by atoms with Crippen LogP contribution >= 0.6 is 11.6 Å². The molecule has 26 heavy (non-hydrogen) atoms. The molecule has 3 nitrogen and oxygen atoms in total. The molecule has 0 radical (unpaired) electrons. The third-order valence-corrected chi connectivity index (χ3v) is 6.00. The Morgan fingerprint density at radius 1 is 1.23 bits per heavy atom. The van der Waals surface area contributed by atoms with Gasteiger partial charge in [-0.05, 0) is 29.4 Å². The number of halogens is 1. The summed E-state index contributed by atoms with van der Waals surface area (Å²) in [4.78, 5) is 13.2. The number of carbonyl (C=O) groups is 1. The number of aromatic amines is 1. The molecule has 0 amide bonds. The van der Waals surface area contributed by atoms with Gasteiger partial charge in [-0.25, -0.2) is 0 Å². The van der Waals surface area contributed by atoms with E-state index in [0.29, 0.717) is 11.4 Å². The van der Waals surface area contributed by atoms with E-state index in [1.54, 1.807) is 0 Å². The van der Waals surface area contributed by atoms with Crippen molar-refractivity contribution in [2.45, 2.75) is 58.8 Å². The van der Waals surface area contributed by atoms with Gasteiger partial charge in [-0.1, -0.05) is 63.1 Å². The molecule has 1 aromatic heterocycles. The fourth-order valence-corrected chi connectivity index (χ4v) is 4.91. The van der Waals surface area contributed by atoms with Crippen molar-refractivity contribution in [3.8, 4) is 0 Å². The van der Waals surface area contributed by atoms with Gasteiger partial charge >= 0.3 is 0 Å². The van der Waals surface area contributed by atoms with E-state index in [0.717, 1.165) is 35.4 Å². The van der Waals surface area contributed by atoms with Crippen molar-refractivity contribution in [2.24, 2.45) is 5.41 Å². The quantitative estimate of drug-likeness (QED) is 0.754. The average molecular weight is 369 g/mol. The molecule has 4 rings (SSSR count). The highest BCUT2D eigenvalue weighted by atomic mass is 35.5. The molecular formula is C22H25ClN2O. The lowest BCUT2D eigenvalue weighted by Crippen LogP contribution is -2.32. The van der Waals surface area contributed by atoms with Crippen LogP contribution in [0, 0.1) is 5.41 Å². The van der Waals surface area contributed by atoms with Crippen LogP contribution in [-0.4, -0.2) is 16.0 Å². The van der Waals surface area contributed by atoms with Gasteiger partial charge < -0.3 is 0 Å². The van der Waals surface area contributed by atoms with Gasteiger partial charge in [0, 0.05) is 40.6 Å². The highest BCUT2D eigenvalue weighted by molar-refractivity contribution is 6.31. The van der Waals surface area contributed by atoms with Gasteiger partial charge in [-0.3, -0.25) is 9.89 Å². The molecule has 0 bridgehead atoms. The number of hydrogen-bond acceptors (Lipinski definition) is 2. The lowest BCUT2D eigenvalue weighted by Gasteiger charge is -2.38. The van der Waals surface area contributed by atoms with E-state index in [1.165, 1.54) is 11.1 Å². The summed E-state index contributed by atoms with van der Waals surface area (Å²) in [6.07, 6.45) is 2.34. The molecule has 2 aliphatic carbocycles. The summed E-state index contributed by atoms with van der Waals surface area (Å²) in [5.41, 5.74) is 6.60. The Kier molecular flexibility index (Phi) is 4.11. The summed E-state index contributed by atoms with van der Waals surface area (Å²) in [5, 5.41) is 8.59. The molecule has 1 N–H and O–H groups in total. The van der Waals surface area contributed by atoms with Crippen molar-refractivity contribution in [2.75, 3.05) is 0 Å². The van der Waals surface area contributed by atoms with Gasteiger partial charge in [0.05, 0.1) is 5.69 Å². The van der Waals surface area contributed by atoms with Gasteiger partial charge in [0.1, 0.15) is 0 Å². The predicted octanol–water partition coefficient (Wildman–Crippen LogP) is 5.56. The molecule has 0 aliphatic heterocycles. The Balaban J connectivity index is 1.98. The van der Waals surface area contributed by atoms with Crippen molar-refractivity contribution in [1.29, 1.82) is 0 Å². The first-order chi connectivity index (χ1) is 12.3. The van der Waals surface area contributed by atoms with Crippen LogP contribution in [-0.2, 0) is 11.2 Å². The van der Waals surface area contributed by atoms with E-state index >= 15 is 0 Å². The number of hydrogen-bond donors (Lipinski definition) is 1. The van der Waals surface area contributed by atoms with Gasteiger partial charge in [0.25, 0.3) is 0 Å². The SMILES string of the molecule is CC(C)c1n[nH]c2c1[C@H](c1ccccc1Cl)C1=C(C2)CC(C)(C)CC1=O. The lowest BCUT2D eigenvalue weighted by atomic mass is 9.64. The number of H-pyrrole nitrogens is 1. The first-order valence-corrected chi connectivity index (χ1v) is 9.73. The predicted molar refractivity (Wildman–Crippen MR) is 105 cm³/mol. The van der Waals surface area contributed by atoms with Gasteiger partial charge in [0.15, 0.2) is 5.78 Å². The van der Waals surface area contributed by atoms with Gasteiger partial charge in [0.2, 0.25) is 0 Å². The Labute approximate surface area is 159 Å². The number of fused-ring (bicyclic) bond motifs is 1. The Morgan fingerprint density at radius 3 is 2.65 bits per heavy atom. The minimum absolute atomic E-state index is 0.0132. The molecule has 0 saturated heterocycles. The van der Waals surface area contributed by atoms with Crippen LogP contribution in [0.25, 0.3) is 0 Å². The van der Waals surface area contributed by atoms with Crippen molar-refractivity contribution in [3.05, 3.63) is 62.9 Å². The zero-order valence-corrected chi connectivity index (χ0v) is 16.6. The Hall–Kier alpha value is -1.87. The molecule has 1 aromatic carbocycles. The zero-order chi connectivity index (χ0) is 18.6. The number of carbonyl (C=O) groups excluding carboxylic acids is 1. The van der Waals surface area contributed by atoms with Crippen LogP contribution in [0.3, 0.4) is 0 Å². The largest absolute Gasteiger partial charge is 0.294 e. The van der Waals surface area contributed by atoms with E-state index in [-0.39, 0.29) is 23.0 Å². The third kappa shape index (κ3) is 2.73. The van der Waals surface area contributed by atoms with Crippen molar-refractivity contribution >= 4 is 17.4 Å². The molecule has 136 valence electrons. The Bertz CT molecular complexity index is 920. The van der Waals surface area contributed by atoms with E-state index < -0.39 is 0 Å². The number of benzene rings is 1. The molecular weight excluding hydrogens is 344 g/mol. The monoisotopic (exact) mass is 368 g/mol. The number of Topliss-reactive ketones (excluding diaryl/α,β-unsaturated/α-hetero) is 1. The van der Waals surface area contributed by atoms with Crippen LogP contribution in [0.1, 0.15) is 74.9 Å². The van der Waals surface area contributed by atoms with E-state index in [2.05, 4.69) is 44.0 Å². The first-order valence-electron chi connectivity index (χ1n) is 9.35.